The summed E-state index contributed by atoms with van der Waals surface area (Å²) in [6.07, 6.45) is 0. The van der Waals surface area contributed by atoms with Crippen LogP contribution in [0.5, 0.6) is 0 Å². The van der Waals surface area contributed by atoms with Gasteiger partial charge in [0.05, 0.1) is 19.8 Å². The van der Waals surface area contributed by atoms with Gasteiger partial charge in [0.2, 0.25) is 0 Å². The van der Waals surface area contributed by atoms with E-state index in [-0.39, 0.29) is 6.61 Å². The van der Waals surface area contributed by atoms with Crippen LogP contribution in [0.2, 0.25) is 5.02 Å². The Morgan fingerprint density at radius 1 is 1.31 bits per heavy atom. The zero-order chi connectivity index (χ0) is 11.4. The van der Waals surface area contributed by atoms with Crippen molar-refractivity contribution < 1.29 is 9.84 Å². The fourth-order valence-corrected chi connectivity index (χ4v) is 2.08. The van der Waals surface area contributed by atoms with Gasteiger partial charge in [-0.1, -0.05) is 23.7 Å². The van der Waals surface area contributed by atoms with E-state index in [1.54, 1.807) is 0 Å². The molecular formula is C12H16ClNO2. The average molecular weight is 242 g/mol. The summed E-state index contributed by atoms with van der Waals surface area (Å²) >= 11 is 6.16. The van der Waals surface area contributed by atoms with Gasteiger partial charge < -0.3 is 9.84 Å². The minimum atomic E-state index is 0.0392. The predicted octanol–water partition coefficient (Wildman–Crippen LogP) is 1.66. The van der Waals surface area contributed by atoms with Crippen LogP contribution in [0.4, 0.5) is 0 Å². The number of hydrogen-bond acceptors (Lipinski definition) is 3. The average Bonchev–Trinajstić information content (AvgIpc) is 2.33. The Bertz CT molecular complexity index is 351. The van der Waals surface area contributed by atoms with E-state index in [4.69, 9.17) is 21.4 Å². The number of ether oxygens (including phenoxy) is 1. The summed E-state index contributed by atoms with van der Waals surface area (Å²) in [5.74, 6) is 0. The molecule has 1 aliphatic rings. The highest BCUT2D eigenvalue weighted by atomic mass is 35.5. The molecule has 1 aliphatic heterocycles. The molecule has 16 heavy (non-hydrogen) atoms. The third kappa shape index (κ3) is 2.95. The van der Waals surface area contributed by atoms with Crippen LogP contribution >= 0.6 is 11.6 Å². The lowest BCUT2D eigenvalue weighted by Crippen LogP contribution is -2.35. The maximum absolute atomic E-state index is 8.99. The highest BCUT2D eigenvalue weighted by Gasteiger charge is 2.12. The quantitative estimate of drug-likeness (QED) is 0.874. The smallest absolute Gasteiger partial charge is 0.0682 e. The van der Waals surface area contributed by atoms with Crippen LogP contribution in [0.1, 0.15) is 11.1 Å². The standard InChI is InChI=1S/C12H16ClNO2/c13-12-7-10(9-15)1-2-11(12)8-14-3-5-16-6-4-14/h1-2,7,15H,3-6,8-9H2. The fraction of sp³-hybridized carbons (Fsp3) is 0.500. The van der Waals surface area contributed by atoms with Crippen molar-refractivity contribution in [2.24, 2.45) is 0 Å². The number of aliphatic hydroxyl groups is 1. The maximum atomic E-state index is 8.99. The minimum absolute atomic E-state index is 0.0392. The van der Waals surface area contributed by atoms with Crippen LogP contribution in [-0.4, -0.2) is 36.3 Å². The molecule has 3 nitrogen and oxygen atoms in total. The molecule has 0 radical (unpaired) electrons. The normalized spacial score (nSPS) is 17.6. The van der Waals surface area contributed by atoms with Gasteiger partial charge in [-0.05, 0) is 17.2 Å². The highest BCUT2D eigenvalue weighted by Crippen LogP contribution is 2.20. The molecule has 0 bridgehead atoms. The molecule has 1 heterocycles. The zero-order valence-corrected chi connectivity index (χ0v) is 9.91. The van der Waals surface area contributed by atoms with E-state index in [2.05, 4.69) is 4.90 Å². The van der Waals surface area contributed by atoms with Crippen molar-refractivity contribution in [2.45, 2.75) is 13.2 Å². The number of hydrogen-bond donors (Lipinski definition) is 1. The Morgan fingerprint density at radius 2 is 2.06 bits per heavy atom. The number of morpholine rings is 1. The molecule has 1 saturated heterocycles. The van der Waals surface area contributed by atoms with Crippen LogP contribution in [-0.2, 0) is 17.9 Å². The van der Waals surface area contributed by atoms with Gasteiger partial charge in [0.15, 0.2) is 0 Å². The summed E-state index contributed by atoms with van der Waals surface area (Å²) in [6, 6.07) is 5.74. The first-order valence-corrected chi connectivity index (χ1v) is 5.85. The van der Waals surface area contributed by atoms with Crippen LogP contribution in [0, 0.1) is 0 Å². The SMILES string of the molecule is OCc1ccc(CN2CCOCC2)c(Cl)c1. The molecule has 88 valence electrons. The summed E-state index contributed by atoms with van der Waals surface area (Å²) < 4.78 is 5.30. The highest BCUT2D eigenvalue weighted by molar-refractivity contribution is 6.31. The Morgan fingerprint density at radius 3 is 2.69 bits per heavy atom. The largest absolute Gasteiger partial charge is 0.392 e. The van der Waals surface area contributed by atoms with Crippen LogP contribution < -0.4 is 0 Å². The van der Waals surface area contributed by atoms with Crippen LogP contribution in [0.15, 0.2) is 18.2 Å². The van der Waals surface area contributed by atoms with E-state index in [9.17, 15) is 0 Å². The van der Waals surface area contributed by atoms with Crippen molar-refractivity contribution in [3.8, 4) is 0 Å². The molecule has 1 fully saturated rings. The maximum Gasteiger partial charge on any atom is 0.0682 e. The fourth-order valence-electron chi connectivity index (χ4n) is 1.82. The van der Waals surface area contributed by atoms with Crippen LogP contribution in [0.3, 0.4) is 0 Å². The molecule has 0 aliphatic carbocycles. The second-order valence-electron chi connectivity index (χ2n) is 3.97. The van der Waals surface area contributed by atoms with Gasteiger partial charge in [-0.15, -0.1) is 0 Å². The summed E-state index contributed by atoms with van der Waals surface area (Å²) in [5, 5.41) is 9.72. The molecule has 0 unspecified atom stereocenters. The third-order valence-corrected chi connectivity index (χ3v) is 3.15. The van der Waals surface area contributed by atoms with Crippen LogP contribution in [0.25, 0.3) is 0 Å². The molecule has 4 heteroatoms. The van der Waals surface area contributed by atoms with E-state index in [1.165, 1.54) is 0 Å². The Labute approximate surface area is 101 Å². The number of benzene rings is 1. The summed E-state index contributed by atoms with van der Waals surface area (Å²) in [6.45, 7) is 4.40. The summed E-state index contributed by atoms with van der Waals surface area (Å²) in [4.78, 5) is 2.32. The predicted molar refractivity (Wildman–Crippen MR) is 63.5 cm³/mol. The Hall–Kier alpha value is -0.610. The second kappa shape index (κ2) is 5.64. The first-order chi connectivity index (χ1) is 7.79. The van der Waals surface area contributed by atoms with E-state index in [0.29, 0.717) is 0 Å². The van der Waals surface area contributed by atoms with E-state index in [0.717, 1.165) is 49.0 Å². The number of nitrogens with zero attached hydrogens (tertiary/aromatic N) is 1. The van der Waals surface area contributed by atoms with E-state index < -0.39 is 0 Å². The van der Waals surface area contributed by atoms with Gasteiger partial charge in [-0.3, -0.25) is 4.90 Å². The van der Waals surface area contributed by atoms with Gasteiger partial charge >= 0.3 is 0 Å². The molecule has 0 spiro atoms. The molecule has 1 aromatic rings. The van der Waals surface area contributed by atoms with Gasteiger partial charge in [-0.25, -0.2) is 0 Å². The minimum Gasteiger partial charge on any atom is -0.392 e. The lowest BCUT2D eigenvalue weighted by Gasteiger charge is -2.26. The zero-order valence-electron chi connectivity index (χ0n) is 9.16. The molecule has 0 amide bonds. The Balaban J connectivity index is 2.03. The lowest BCUT2D eigenvalue weighted by atomic mass is 10.1. The number of aliphatic hydroxyl groups excluding tert-OH is 1. The van der Waals surface area contributed by atoms with Gasteiger partial charge in [0, 0.05) is 24.7 Å². The first kappa shape index (κ1) is 11.9. The van der Waals surface area contributed by atoms with Gasteiger partial charge in [0.25, 0.3) is 0 Å². The van der Waals surface area contributed by atoms with E-state index >= 15 is 0 Å². The van der Waals surface area contributed by atoms with Crippen molar-refractivity contribution in [2.75, 3.05) is 26.3 Å². The lowest BCUT2D eigenvalue weighted by molar-refractivity contribution is 0.0342. The summed E-state index contributed by atoms with van der Waals surface area (Å²) in [5.41, 5.74) is 1.97. The first-order valence-electron chi connectivity index (χ1n) is 5.48. The molecule has 1 aromatic carbocycles. The van der Waals surface area contributed by atoms with Crippen molar-refractivity contribution >= 4 is 11.6 Å². The summed E-state index contributed by atoms with van der Waals surface area (Å²) in [7, 11) is 0. The van der Waals surface area contributed by atoms with Gasteiger partial charge in [-0.2, -0.15) is 0 Å². The van der Waals surface area contributed by atoms with Crippen molar-refractivity contribution in [3.05, 3.63) is 34.3 Å². The van der Waals surface area contributed by atoms with E-state index in [1.807, 2.05) is 18.2 Å². The molecule has 2 rings (SSSR count). The molecule has 1 N–H and O–H groups in total. The van der Waals surface area contributed by atoms with Crippen molar-refractivity contribution in [3.63, 3.8) is 0 Å². The topological polar surface area (TPSA) is 32.7 Å². The third-order valence-electron chi connectivity index (χ3n) is 2.80. The van der Waals surface area contributed by atoms with Crippen molar-refractivity contribution in [1.82, 2.24) is 4.90 Å². The molecular weight excluding hydrogens is 226 g/mol. The van der Waals surface area contributed by atoms with Gasteiger partial charge in [0.1, 0.15) is 0 Å². The molecule has 0 saturated carbocycles. The monoisotopic (exact) mass is 241 g/mol. The van der Waals surface area contributed by atoms with Crippen molar-refractivity contribution in [1.29, 1.82) is 0 Å². The number of rotatable bonds is 3. The molecule has 0 atom stereocenters. The molecule has 0 aromatic heterocycles. The number of halogens is 1. The Kier molecular flexibility index (Phi) is 4.18. The second-order valence-corrected chi connectivity index (χ2v) is 4.38.